The lowest BCUT2D eigenvalue weighted by molar-refractivity contribution is -0.137. The van der Waals surface area contributed by atoms with Gasteiger partial charge in [0.1, 0.15) is 0 Å². The van der Waals surface area contributed by atoms with Gasteiger partial charge in [-0.2, -0.15) is 13.2 Å². The molecule has 0 amide bonds. The van der Waals surface area contributed by atoms with Crippen LogP contribution in [0.1, 0.15) is 11.1 Å². The van der Waals surface area contributed by atoms with Crippen LogP contribution >= 0.6 is 0 Å². The van der Waals surface area contributed by atoms with Gasteiger partial charge < -0.3 is 4.74 Å². The molecule has 0 unspecified atom stereocenters. The number of aromatic nitrogens is 2. The Morgan fingerprint density at radius 1 is 1.13 bits per heavy atom. The first-order valence-corrected chi connectivity index (χ1v) is 7.87. The van der Waals surface area contributed by atoms with Crippen molar-refractivity contribution in [3.05, 3.63) is 47.8 Å². The van der Waals surface area contributed by atoms with Gasteiger partial charge in [-0.3, -0.25) is 4.72 Å². The van der Waals surface area contributed by atoms with Crippen molar-refractivity contribution in [1.82, 2.24) is 9.97 Å². The minimum Gasteiger partial charge on any atom is -0.467 e. The largest absolute Gasteiger partial charge is 0.467 e. The van der Waals surface area contributed by atoms with Crippen LogP contribution in [0.15, 0.2) is 36.7 Å². The predicted molar refractivity (Wildman–Crippen MR) is 76.3 cm³/mol. The molecule has 0 atom stereocenters. The number of alkyl halides is 3. The molecule has 0 aliphatic carbocycles. The third kappa shape index (κ3) is 4.81. The summed E-state index contributed by atoms with van der Waals surface area (Å²) < 4.78 is 68.3. The first-order chi connectivity index (χ1) is 10.7. The van der Waals surface area contributed by atoms with E-state index in [1.807, 2.05) is 0 Å². The van der Waals surface area contributed by atoms with Gasteiger partial charge in [-0.15, -0.1) is 0 Å². The molecule has 1 N–H and O–H groups in total. The van der Waals surface area contributed by atoms with E-state index >= 15 is 0 Å². The van der Waals surface area contributed by atoms with Crippen molar-refractivity contribution < 1.29 is 26.3 Å². The molecule has 124 valence electrons. The summed E-state index contributed by atoms with van der Waals surface area (Å²) in [6.45, 7) is 0. The molecule has 10 heteroatoms. The smallest absolute Gasteiger partial charge is 0.416 e. The van der Waals surface area contributed by atoms with Crippen molar-refractivity contribution in [2.75, 3.05) is 11.8 Å². The van der Waals surface area contributed by atoms with Crippen LogP contribution in [0.25, 0.3) is 0 Å². The number of hydrogen-bond acceptors (Lipinski definition) is 5. The third-order valence-corrected chi connectivity index (χ3v) is 3.98. The van der Waals surface area contributed by atoms with E-state index in [1.54, 1.807) is 0 Å². The summed E-state index contributed by atoms with van der Waals surface area (Å²) in [4.78, 5) is 7.48. The van der Waals surface area contributed by atoms with Crippen LogP contribution in [0.3, 0.4) is 0 Å². The van der Waals surface area contributed by atoms with Crippen LogP contribution in [-0.2, 0) is 22.0 Å². The van der Waals surface area contributed by atoms with Crippen LogP contribution < -0.4 is 9.46 Å². The molecule has 1 aromatic heterocycles. The van der Waals surface area contributed by atoms with Crippen molar-refractivity contribution in [3.63, 3.8) is 0 Å². The summed E-state index contributed by atoms with van der Waals surface area (Å²) in [5.74, 6) is -0.475. The van der Waals surface area contributed by atoms with E-state index in [0.717, 1.165) is 24.3 Å². The molecule has 1 heterocycles. The lowest BCUT2D eigenvalue weighted by Crippen LogP contribution is -2.15. The molecular weight excluding hydrogens is 335 g/mol. The van der Waals surface area contributed by atoms with Crippen LogP contribution in [0.5, 0.6) is 6.01 Å². The normalized spacial score (nSPS) is 12.0. The second kappa shape index (κ2) is 6.41. The van der Waals surface area contributed by atoms with Gasteiger partial charge in [-0.25, -0.2) is 18.4 Å². The Kier molecular flexibility index (Phi) is 4.73. The van der Waals surface area contributed by atoms with Gasteiger partial charge in [0, 0.05) is 0 Å². The molecule has 2 rings (SSSR count). The summed E-state index contributed by atoms with van der Waals surface area (Å²) in [7, 11) is -2.44. The van der Waals surface area contributed by atoms with Crippen LogP contribution in [0, 0.1) is 0 Å². The number of ether oxygens (including phenoxy) is 1. The number of nitrogens with one attached hydrogen (secondary N) is 1. The summed E-state index contributed by atoms with van der Waals surface area (Å²) in [6, 6.07) is 3.98. The van der Waals surface area contributed by atoms with E-state index in [1.165, 1.54) is 19.5 Å². The topological polar surface area (TPSA) is 81.2 Å². The molecule has 0 bridgehead atoms. The second-order valence-corrected chi connectivity index (χ2v) is 6.24. The van der Waals surface area contributed by atoms with Crippen molar-refractivity contribution in [2.45, 2.75) is 11.9 Å². The quantitative estimate of drug-likeness (QED) is 0.898. The highest BCUT2D eigenvalue weighted by Crippen LogP contribution is 2.29. The first-order valence-electron chi connectivity index (χ1n) is 6.22. The summed E-state index contributed by atoms with van der Waals surface area (Å²) in [5, 5.41) is 0. The van der Waals surface area contributed by atoms with Crippen molar-refractivity contribution in [3.8, 4) is 6.01 Å². The van der Waals surface area contributed by atoms with E-state index in [9.17, 15) is 21.6 Å². The SMILES string of the molecule is COc1ncc(NS(=O)(=O)Cc2ccc(C(F)(F)F)cc2)cn1. The van der Waals surface area contributed by atoms with Gasteiger partial charge >= 0.3 is 12.2 Å². The maximum Gasteiger partial charge on any atom is 0.416 e. The third-order valence-electron chi connectivity index (χ3n) is 2.72. The Morgan fingerprint density at radius 3 is 2.17 bits per heavy atom. The fourth-order valence-electron chi connectivity index (χ4n) is 1.70. The summed E-state index contributed by atoms with van der Waals surface area (Å²) >= 11 is 0. The molecule has 6 nitrogen and oxygen atoms in total. The molecule has 0 saturated carbocycles. The second-order valence-electron chi connectivity index (χ2n) is 4.51. The number of hydrogen-bond donors (Lipinski definition) is 1. The van der Waals surface area contributed by atoms with Crippen LogP contribution in [-0.4, -0.2) is 25.5 Å². The molecule has 23 heavy (non-hydrogen) atoms. The molecule has 0 spiro atoms. The van der Waals surface area contributed by atoms with E-state index in [2.05, 4.69) is 14.7 Å². The molecule has 2 aromatic rings. The number of nitrogens with zero attached hydrogens (tertiary/aromatic N) is 2. The average molecular weight is 347 g/mol. The van der Waals surface area contributed by atoms with E-state index < -0.39 is 27.5 Å². The van der Waals surface area contributed by atoms with Gasteiger partial charge in [-0.05, 0) is 17.7 Å². The lowest BCUT2D eigenvalue weighted by Gasteiger charge is -2.09. The number of sulfonamides is 1. The maximum absolute atomic E-state index is 12.5. The molecule has 0 aliphatic rings. The zero-order valence-corrected chi connectivity index (χ0v) is 12.6. The highest BCUT2D eigenvalue weighted by atomic mass is 32.2. The maximum atomic E-state index is 12.5. The molecule has 0 aliphatic heterocycles. The Bertz CT molecular complexity index is 760. The fraction of sp³-hybridized carbons (Fsp3) is 0.231. The minimum absolute atomic E-state index is 0.0793. The molecule has 0 saturated heterocycles. The number of anilines is 1. The Balaban J connectivity index is 2.08. The first kappa shape index (κ1) is 17.0. The minimum atomic E-state index is -4.46. The highest BCUT2D eigenvalue weighted by Gasteiger charge is 2.30. The lowest BCUT2D eigenvalue weighted by atomic mass is 10.1. The standard InChI is InChI=1S/C13H12F3N3O3S/c1-22-12-17-6-11(7-18-12)19-23(20,21)8-9-2-4-10(5-3-9)13(14,15)16/h2-7,19H,8H2,1H3. The number of halogens is 3. The van der Waals surface area contributed by atoms with Crippen molar-refractivity contribution in [1.29, 1.82) is 0 Å². The van der Waals surface area contributed by atoms with Crippen LogP contribution in [0.2, 0.25) is 0 Å². The molecule has 0 radical (unpaired) electrons. The van der Waals surface area contributed by atoms with Gasteiger partial charge in [0.05, 0.1) is 36.5 Å². The average Bonchev–Trinajstić information content (AvgIpc) is 2.46. The van der Waals surface area contributed by atoms with Gasteiger partial charge in [0.15, 0.2) is 0 Å². The van der Waals surface area contributed by atoms with E-state index in [0.29, 0.717) is 0 Å². The van der Waals surface area contributed by atoms with E-state index in [4.69, 9.17) is 4.74 Å². The Labute approximate surface area is 130 Å². The molecular formula is C13H12F3N3O3S. The van der Waals surface area contributed by atoms with Gasteiger partial charge in [0.2, 0.25) is 10.0 Å². The fourth-order valence-corrected chi connectivity index (χ4v) is 2.87. The van der Waals surface area contributed by atoms with Crippen molar-refractivity contribution >= 4 is 15.7 Å². The number of methoxy groups -OCH3 is 1. The highest BCUT2D eigenvalue weighted by molar-refractivity contribution is 7.91. The van der Waals surface area contributed by atoms with E-state index in [-0.39, 0.29) is 17.3 Å². The Hall–Kier alpha value is -2.36. The van der Waals surface area contributed by atoms with Crippen molar-refractivity contribution in [2.24, 2.45) is 0 Å². The summed E-state index contributed by atoms with van der Waals surface area (Å²) in [6.07, 6.45) is -2.03. The number of benzene rings is 1. The Morgan fingerprint density at radius 2 is 1.70 bits per heavy atom. The van der Waals surface area contributed by atoms with Crippen LogP contribution in [0.4, 0.5) is 18.9 Å². The van der Waals surface area contributed by atoms with Gasteiger partial charge in [0.25, 0.3) is 0 Å². The zero-order chi connectivity index (χ0) is 17.1. The van der Waals surface area contributed by atoms with Gasteiger partial charge in [-0.1, -0.05) is 12.1 Å². The summed E-state index contributed by atoms with van der Waals surface area (Å²) in [5.41, 5.74) is -0.493. The predicted octanol–water partition coefficient (Wildman–Crippen LogP) is 2.45. The molecule has 0 fully saturated rings. The monoisotopic (exact) mass is 347 g/mol. The number of rotatable bonds is 5. The molecule has 1 aromatic carbocycles. The zero-order valence-electron chi connectivity index (χ0n) is 11.8.